The standard InChI is InChI=1S/C22H28ClN5O4/c1-4-5-13-6-11-8-15(32-19(11)10(2)25-13)16-20(23)27-22(24-3)28-21(16)26-14-7-12(9-29)17(30)18(14)31/h6,8,12,14,17-18,29-31H,4-5,7,9H2,1-3H3,(H2,24,26,27,28). The molecular formula is C22H28ClN5O4. The molecule has 0 aromatic carbocycles. The molecule has 3 aromatic heterocycles. The predicted octanol–water partition coefficient (Wildman–Crippen LogP) is 2.76. The zero-order valence-electron chi connectivity index (χ0n) is 18.3. The predicted molar refractivity (Wildman–Crippen MR) is 123 cm³/mol. The van der Waals surface area contributed by atoms with Gasteiger partial charge in [0, 0.05) is 30.7 Å². The van der Waals surface area contributed by atoms with Crippen LogP contribution in [0, 0.1) is 12.8 Å². The van der Waals surface area contributed by atoms with Crippen LogP contribution in [-0.2, 0) is 6.42 Å². The highest BCUT2D eigenvalue weighted by Gasteiger charge is 2.41. The Morgan fingerprint density at radius 2 is 1.97 bits per heavy atom. The first-order chi connectivity index (χ1) is 15.4. The van der Waals surface area contributed by atoms with E-state index < -0.39 is 24.2 Å². The number of nitrogens with one attached hydrogen (secondary N) is 2. The Bertz CT molecular complexity index is 1120. The highest BCUT2D eigenvalue weighted by atomic mass is 35.5. The van der Waals surface area contributed by atoms with Gasteiger partial charge < -0.3 is 30.4 Å². The van der Waals surface area contributed by atoms with E-state index in [0.717, 1.165) is 29.6 Å². The summed E-state index contributed by atoms with van der Waals surface area (Å²) in [6, 6.07) is 3.36. The smallest absolute Gasteiger partial charge is 0.225 e. The van der Waals surface area contributed by atoms with E-state index in [1.54, 1.807) is 7.05 Å². The summed E-state index contributed by atoms with van der Waals surface area (Å²) in [7, 11) is 1.68. The van der Waals surface area contributed by atoms with Gasteiger partial charge in [0.15, 0.2) is 5.58 Å². The summed E-state index contributed by atoms with van der Waals surface area (Å²) in [5.74, 6) is 0.708. The van der Waals surface area contributed by atoms with Gasteiger partial charge in [0.25, 0.3) is 0 Å². The van der Waals surface area contributed by atoms with Crippen molar-refractivity contribution < 1.29 is 19.7 Å². The van der Waals surface area contributed by atoms with Gasteiger partial charge in [-0.05, 0) is 31.9 Å². The number of rotatable bonds is 7. The van der Waals surface area contributed by atoms with Crippen LogP contribution in [0.15, 0.2) is 16.5 Å². The van der Waals surface area contributed by atoms with Crippen LogP contribution in [0.1, 0.15) is 31.2 Å². The summed E-state index contributed by atoms with van der Waals surface area (Å²) in [5.41, 5.74) is 2.90. The second-order valence-electron chi connectivity index (χ2n) is 8.20. The SMILES string of the molecule is CCCc1cc2cc(-c3c(Cl)nc(NC)nc3NC3CC(CO)C(O)C3O)oc2c(C)n1. The normalized spacial score (nSPS) is 23.1. The molecule has 3 aromatic rings. The summed E-state index contributed by atoms with van der Waals surface area (Å²) in [5, 5.41) is 37.3. The fourth-order valence-electron chi connectivity index (χ4n) is 4.27. The second-order valence-corrected chi connectivity index (χ2v) is 8.56. The minimum absolute atomic E-state index is 0.178. The van der Waals surface area contributed by atoms with Gasteiger partial charge in [-0.1, -0.05) is 24.9 Å². The highest BCUT2D eigenvalue weighted by Crippen LogP contribution is 2.39. The molecule has 5 N–H and O–H groups in total. The molecule has 0 saturated heterocycles. The molecule has 0 spiro atoms. The number of nitrogens with zero attached hydrogens (tertiary/aromatic N) is 3. The lowest BCUT2D eigenvalue weighted by Crippen LogP contribution is -2.35. The van der Waals surface area contributed by atoms with Gasteiger partial charge in [-0.25, -0.2) is 4.98 Å². The van der Waals surface area contributed by atoms with E-state index in [9.17, 15) is 15.3 Å². The summed E-state index contributed by atoms with van der Waals surface area (Å²) in [6.45, 7) is 3.79. The van der Waals surface area contributed by atoms with Crippen molar-refractivity contribution in [3.05, 3.63) is 28.7 Å². The monoisotopic (exact) mass is 461 g/mol. The van der Waals surface area contributed by atoms with Gasteiger partial charge in [-0.3, -0.25) is 4.98 Å². The van der Waals surface area contributed by atoms with E-state index in [2.05, 4.69) is 32.5 Å². The minimum Gasteiger partial charge on any atom is -0.454 e. The zero-order chi connectivity index (χ0) is 23.0. The maximum Gasteiger partial charge on any atom is 0.225 e. The van der Waals surface area contributed by atoms with E-state index in [-0.39, 0.29) is 11.8 Å². The molecule has 4 rings (SSSR count). The van der Waals surface area contributed by atoms with Crippen molar-refractivity contribution in [3.8, 4) is 11.3 Å². The first-order valence-corrected chi connectivity index (χ1v) is 11.1. The van der Waals surface area contributed by atoms with Crippen LogP contribution >= 0.6 is 11.6 Å². The Morgan fingerprint density at radius 3 is 2.62 bits per heavy atom. The lowest BCUT2D eigenvalue weighted by molar-refractivity contribution is 0.00446. The van der Waals surface area contributed by atoms with Crippen molar-refractivity contribution in [2.75, 3.05) is 24.3 Å². The van der Waals surface area contributed by atoms with E-state index in [1.807, 2.05) is 19.1 Å². The molecule has 0 radical (unpaired) electrons. The maximum absolute atomic E-state index is 10.5. The van der Waals surface area contributed by atoms with E-state index >= 15 is 0 Å². The minimum atomic E-state index is -1.06. The topological polar surface area (TPSA) is 137 Å². The molecule has 172 valence electrons. The van der Waals surface area contributed by atoms with Crippen molar-refractivity contribution in [3.63, 3.8) is 0 Å². The Hall–Kier alpha value is -2.46. The number of pyridine rings is 1. The van der Waals surface area contributed by atoms with Crippen LogP contribution in [0.5, 0.6) is 0 Å². The van der Waals surface area contributed by atoms with Crippen LogP contribution in [-0.4, -0.2) is 62.2 Å². The fraction of sp³-hybridized carbons (Fsp3) is 0.500. The van der Waals surface area contributed by atoms with Gasteiger partial charge in [0.1, 0.15) is 22.8 Å². The molecule has 4 unspecified atom stereocenters. The van der Waals surface area contributed by atoms with Crippen LogP contribution < -0.4 is 10.6 Å². The third-order valence-corrected chi connectivity index (χ3v) is 6.20. The largest absolute Gasteiger partial charge is 0.454 e. The van der Waals surface area contributed by atoms with E-state index in [1.165, 1.54) is 0 Å². The van der Waals surface area contributed by atoms with Gasteiger partial charge in [0.2, 0.25) is 5.95 Å². The quantitative estimate of drug-likeness (QED) is 0.336. The Morgan fingerprint density at radius 1 is 1.19 bits per heavy atom. The Balaban J connectivity index is 1.78. The highest BCUT2D eigenvalue weighted by molar-refractivity contribution is 6.32. The van der Waals surface area contributed by atoms with Crippen molar-refractivity contribution in [2.45, 2.75) is 51.4 Å². The first-order valence-electron chi connectivity index (χ1n) is 10.8. The lowest BCUT2D eigenvalue weighted by atomic mass is 10.1. The number of aliphatic hydroxyl groups excluding tert-OH is 3. The van der Waals surface area contributed by atoms with Gasteiger partial charge >= 0.3 is 0 Å². The molecule has 0 aliphatic heterocycles. The van der Waals surface area contributed by atoms with Crippen LogP contribution in [0.3, 0.4) is 0 Å². The molecule has 10 heteroatoms. The molecule has 1 saturated carbocycles. The zero-order valence-corrected chi connectivity index (χ0v) is 19.0. The van der Waals surface area contributed by atoms with E-state index in [0.29, 0.717) is 35.1 Å². The Labute approximate surface area is 190 Å². The molecule has 4 atom stereocenters. The third kappa shape index (κ3) is 4.13. The third-order valence-electron chi connectivity index (χ3n) is 5.92. The number of anilines is 2. The van der Waals surface area contributed by atoms with Crippen molar-refractivity contribution >= 4 is 34.3 Å². The Kier molecular flexibility index (Phi) is 6.52. The van der Waals surface area contributed by atoms with Gasteiger partial charge in [0.05, 0.1) is 23.4 Å². The number of halogens is 1. The molecule has 1 aliphatic carbocycles. The van der Waals surface area contributed by atoms with Crippen LogP contribution in [0.4, 0.5) is 11.8 Å². The molecule has 9 nitrogen and oxygen atoms in total. The molecular weight excluding hydrogens is 434 g/mol. The molecule has 3 heterocycles. The number of aryl methyl sites for hydroxylation is 2. The lowest BCUT2D eigenvalue weighted by Gasteiger charge is -2.20. The van der Waals surface area contributed by atoms with Crippen LogP contribution in [0.25, 0.3) is 22.3 Å². The number of aromatic nitrogens is 3. The summed E-state index contributed by atoms with van der Waals surface area (Å²) in [4.78, 5) is 13.4. The number of fused-ring (bicyclic) bond motifs is 1. The van der Waals surface area contributed by atoms with Crippen molar-refractivity contribution in [1.82, 2.24) is 15.0 Å². The first kappa shape index (κ1) is 22.7. The number of hydrogen-bond acceptors (Lipinski definition) is 9. The summed E-state index contributed by atoms with van der Waals surface area (Å²) < 4.78 is 6.13. The van der Waals surface area contributed by atoms with Crippen molar-refractivity contribution in [1.29, 1.82) is 0 Å². The average molecular weight is 462 g/mol. The van der Waals surface area contributed by atoms with Crippen molar-refractivity contribution in [2.24, 2.45) is 5.92 Å². The number of aliphatic hydroxyl groups is 3. The summed E-state index contributed by atoms with van der Waals surface area (Å²) >= 11 is 6.54. The van der Waals surface area contributed by atoms with Crippen LogP contribution in [0.2, 0.25) is 5.15 Å². The van der Waals surface area contributed by atoms with Gasteiger partial charge in [-0.2, -0.15) is 4.98 Å². The summed E-state index contributed by atoms with van der Waals surface area (Å²) in [6.07, 6.45) is 0.146. The second kappa shape index (κ2) is 9.19. The fourth-order valence-corrected chi connectivity index (χ4v) is 4.54. The van der Waals surface area contributed by atoms with Gasteiger partial charge in [-0.15, -0.1) is 0 Å². The molecule has 0 bridgehead atoms. The number of hydrogen-bond donors (Lipinski definition) is 5. The molecule has 0 amide bonds. The maximum atomic E-state index is 10.5. The molecule has 1 fully saturated rings. The average Bonchev–Trinajstić information content (AvgIpc) is 3.30. The number of furan rings is 1. The molecule has 32 heavy (non-hydrogen) atoms. The molecule has 1 aliphatic rings. The van der Waals surface area contributed by atoms with E-state index in [4.69, 9.17) is 16.0 Å².